The lowest BCUT2D eigenvalue weighted by molar-refractivity contribution is 0.367. The summed E-state index contributed by atoms with van der Waals surface area (Å²) in [4.78, 5) is 0. The number of halogens is 1. The van der Waals surface area contributed by atoms with Crippen LogP contribution < -0.4 is 5.32 Å². The van der Waals surface area contributed by atoms with Crippen LogP contribution in [0.5, 0.6) is 0 Å². The molecule has 1 nitrogen and oxygen atoms in total. The van der Waals surface area contributed by atoms with Gasteiger partial charge in [0.15, 0.2) is 0 Å². The highest BCUT2D eigenvalue weighted by Gasteiger charge is 2.20. The molecule has 1 aliphatic rings. The molecule has 72 valence electrons. The van der Waals surface area contributed by atoms with Crippen molar-refractivity contribution < 1.29 is 4.39 Å². The number of hydrogen-bond donors (Lipinski definition) is 1. The molecule has 0 heterocycles. The zero-order chi connectivity index (χ0) is 8.81. The second-order valence-corrected chi connectivity index (χ2v) is 3.83. The first kappa shape index (κ1) is 9.97. The Kier molecular flexibility index (Phi) is 4.59. The average Bonchev–Trinajstić information content (AvgIpc) is 2.56. The van der Waals surface area contributed by atoms with Crippen LogP contribution in [0.1, 0.15) is 39.0 Å². The van der Waals surface area contributed by atoms with E-state index in [4.69, 9.17) is 0 Å². The smallest absolute Gasteiger partial charge is 0.0906 e. The summed E-state index contributed by atoms with van der Waals surface area (Å²) < 4.78 is 11.8. The minimum Gasteiger partial charge on any atom is -0.314 e. The molecule has 1 rings (SSSR count). The topological polar surface area (TPSA) is 12.0 Å². The maximum absolute atomic E-state index is 11.8. The third-order valence-corrected chi connectivity index (χ3v) is 2.88. The van der Waals surface area contributed by atoms with Crippen molar-refractivity contribution in [3.63, 3.8) is 0 Å². The summed E-state index contributed by atoms with van der Waals surface area (Å²) in [6.07, 6.45) is 6.17. The molecule has 0 aromatic rings. The van der Waals surface area contributed by atoms with Crippen molar-refractivity contribution in [3.8, 4) is 0 Å². The second kappa shape index (κ2) is 5.52. The van der Waals surface area contributed by atoms with Gasteiger partial charge >= 0.3 is 0 Å². The van der Waals surface area contributed by atoms with Crippen LogP contribution in [-0.2, 0) is 0 Å². The van der Waals surface area contributed by atoms with E-state index < -0.39 is 0 Å². The quantitative estimate of drug-likeness (QED) is 0.630. The van der Waals surface area contributed by atoms with E-state index in [1.165, 1.54) is 25.7 Å². The zero-order valence-corrected chi connectivity index (χ0v) is 7.98. The van der Waals surface area contributed by atoms with E-state index in [0.29, 0.717) is 12.5 Å². The summed E-state index contributed by atoms with van der Waals surface area (Å²) in [5.41, 5.74) is 0. The Morgan fingerprint density at radius 1 is 1.42 bits per heavy atom. The van der Waals surface area contributed by atoms with Gasteiger partial charge in [-0.3, -0.25) is 4.39 Å². The number of nitrogens with one attached hydrogen (secondary N) is 1. The molecule has 1 N–H and O–H groups in total. The van der Waals surface area contributed by atoms with Crippen LogP contribution in [0.2, 0.25) is 0 Å². The summed E-state index contributed by atoms with van der Waals surface area (Å²) in [5, 5.41) is 3.39. The van der Waals surface area contributed by atoms with Crippen molar-refractivity contribution in [2.45, 2.75) is 45.1 Å². The van der Waals surface area contributed by atoms with E-state index in [2.05, 4.69) is 12.2 Å². The normalized spacial score (nSPS) is 21.5. The van der Waals surface area contributed by atoms with Crippen molar-refractivity contribution in [2.75, 3.05) is 13.2 Å². The number of hydrogen-bond acceptors (Lipinski definition) is 1. The summed E-state index contributed by atoms with van der Waals surface area (Å²) in [7, 11) is 0. The van der Waals surface area contributed by atoms with Crippen molar-refractivity contribution in [1.29, 1.82) is 0 Å². The lowest BCUT2D eigenvalue weighted by Crippen LogP contribution is -2.33. The van der Waals surface area contributed by atoms with Gasteiger partial charge in [-0.05, 0) is 38.6 Å². The van der Waals surface area contributed by atoms with E-state index in [1.54, 1.807) is 0 Å². The average molecular weight is 173 g/mol. The van der Waals surface area contributed by atoms with Gasteiger partial charge in [-0.25, -0.2) is 0 Å². The molecule has 1 saturated carbocycles. The summed E-state index contributed by atoms with van der Waals surface area (Å²) in [6, 6.07) is 0.596. The molecule has 0 spiro atoms. The van der Waals surface area contributed by atoms with E-state index in [9.17, 15) is 4.39 Å². The molecule has 1 fully saturated rings. The first-order chi connectivity index (χ1) is 5.84. The molecular formula is C10H20FN. The zero-order valence-electron chi connectivity index (χ0n) is 7.98. The minimum atomic E-state index is -0.190. The highest BCUT2D eigenvalue weighted by Crippen LogP contribution is 2.27. The third kappa shape index (κ3) is 3.10. The molecule has 0 radical (unpaired) electrons. The van der Waals surface area contributed by atoms with Crippen LogP contribution in [0.15, 0.2) is 0 Å². The highest BCUT2D eigenvalue weighted by molar-refractivity contribution is 4.76. The molecule has 1 atom stereocenters. The standard InChI is InChI=1S/C10H20FN/c1-9(12-8-4-7-11)10-5-2-3-6-10/h9-10,12H,2-8H2,1H3/t9-/m0/s1. The third-order valence-electron chi connectivity index (χ3n) is 2.88. The van der Waals surface area contributed by atoms with Crippen LogP contribution in [-0.4, -0.2) is 19.3 Å². The van der Waals surface area contributed by atoms with Crippen LogP contribution in [0, 0.1) is 5.92 Å². The van der Waals surface area contributed by atoms with Gasteiger partial charge in [0.05, 0.1) is 6.67 Å². The molecule has 0 aromatic carbocycles. The van der Waals surface area contributed by atoms with E-state index in [-0.39, 0.29) is 6.67 Å². The van der Waals surface area contributed by atoms with Gasteiger partial charge in [0.1, 0.15) is 0 Å². The molecule has 0 bridgehead atoms. The fraction of sp³-hybridized carbons (Fsp3) is 1.00. The molecule has 12 heavy (non-hydrogen) atoms. The van der Waals surface area contributed by atoms with Gasteiger partial charge in [0, 0.05) is 6.04 Å². The predicted molar refractivity (Wildman–Crippen MR) is 50.0 cm³/mol. The molecule has 0 amide bonds. The fourth-order valence-corrected chi connectivity index (χ4v) is 2.02. The minimum absolute atomic E-state index is 0.190. The molecule has 2 heteroatoms. The van der Waals surface area contributed by atoms with Gasteiger partial charge in [0.25, 0.3) is 0 Å². The molecule has 0 unspecified atom stereocenters. The van der Waals surface area contributed by atoms with Gasteiger partial charge < -0.3 is 5.32 Å². The van der Waals surface area contributed by atoms with E-state index in [1.807, 2.05) is 0 Å². The summed E-state index contributed by atoms with van der Waals surface area (Å²) >= 11 is 0. The maximum atomic E-state index is 11.8. The Balaban J connectivity index is 2.05. The monoisotopic (exact) mass is 173 g/mol. The number of alkyl halides is 1. The predicted octanol–water partition coefficient (Wildman–Crippen LogP) is 2.51. The second-order valence-electron chi connectivity index (χ2n) is 3.83. The van der Waals surface area contributed by atoms with Gasteiger partial charge in [-0.15, -0.1) is 0 Å². The van der Waals surface area contributed by atoms with E-state index in [0.717, 1.165) is 12.5 Å². The van der Waals surface area contributed by atoms with Crippen LogP contribution >= 0.6 is 0 Å². The lowest BCUT2D eigenvalue weighted by atomic mass is 10.00. The van der Waals surface area contributed by atoms with Gasteiger partial charge in [0.2, 0.25) is 0 Å². The lowest BCUT2D eigenvalue weighted by Gasteiger charge is -2.19. The molecule has 0 saturated heterocycles. The Morgan fingerprint density at radius 3 is 2.67 bits per heavy atom. The molecule has 1 aliphatic carbocycles. The Labute approximate surface area is 74.7 Å². The summed E-state index contributed by atoms with van der Waals surface area (Å²) in [6.45, 7) is 2.88. The molecule has 0 aliphatic heterocycles. The van der Waals surface area contributed by atoms with Gasteiger partial charge in [-0.2, -0.15) is 0 Å². The van der Waals surface area contributed by atoms with Crippen molar-refractivity contribution >= 4 is 0 Å². The summed E-state index contributed by atoms with van der Waals surface area (Å²) in [5.74, 6) is 0.851. The SMILES string of the molecule is C[C@H](NCCCF)C1CCCC1. The Bertz CT molecular complexity index is 110. The van der Waals surface area contributed by atoms with Crippen molar-refractivity contribution in [3.05, 3.63) is 0 Å². The molecule has 0 aromatic heterocycles. The van der Waals surface area contributed by atoms with Gasteiger partial charge in [-0.1, -0.05) is 12.8 Å². The van der Waals surface area contributed by atoms with E-state index >= 15 is 0 Å². The van der Waals surface area contributed by atoms with Crippen LogP contribution in [0.4, 0.5) is 4.39 Å². The fourth-order valence-electron chi connectivity index (χ4n) is 2.02. The Morgan fingerprint density at radius 2 is 2.08 bits per heavy atom. The highest BCUT2D eigenvalue weighted by atomic mass is 19.1. The maximum Gasteiger partial charge on any atom is 0.0906 e. The van der Waals surface area contributed by atoms with Crippen LogP contribution in [0.3, 0.4) is 0 Å². The molecular weight excluding hydrogens is 153 g/mol. The first-order valence-corrected chi connectivity index (χ1v) is 5.14. The van der Waals surface area contributed by atoms with Crippen molar-refractivity contribution in [2.24, 2.45) is 5.92 Å². The van der Waals surface area contributed by atoms with Crippen molar-refractivity contribution in [1.82, 2.24) is 5.32 Å². The first-order valence-electron chi connectivity index (χ1n) is 5.14. The van der Waals surface area contributed by atoms with Crippen LogP contribution in [0.25, 0.3) is 0 Å². The number of rotatable bonds is 5. The Hall–Kier alpha value is -0.110. The largest absolute Gasteiger partial charge is 0.314 e.